The Morgan fingerprint density at radius 3 is 2.85 bits per heavy atom. The Morgan fingerprint density at radius 1 is 1.45 bits per heavy atom. The molecular formula is C13H21N5OS. The lowest BCUT2D eigenvalue weighted by molar-refractivity contribution is 0.0790. The largest absolute Gasteiger partial charge is 0.382 e. The van der Waals surface area contributed by atoms with Gasteiger partial charge in [-0.1, -0.05) is 11.3 Å². The summed E-state index contributed by atoms with van der Waals surface area (Å²) >= 11 is 1.39. The minimum Gasteiger partial charge on any atom is -0.382 e. The first-order valence-corrected chi connectivity index (χ1v) is 7.92. The fourth-order valence-electron chi connectivity index (χ4n) is 2.58. The predicted octanol–water partition coefficient (Wildman–Crippen LogP) is 0.887. The van der Waals surface area contributed by atoms with Crippen LogP contribution >= 0.6 is 11.3 Å². The highest BCUT2D eigenvalue weighted by atomic mass is 32.1. The van der Waals surface area contributed by atoms with Crippen molar-refractivity contribution in [1.29, 1.82) is 0 Å². The summed E-state index contributed by atoms with van der Waals surface area (Å²) in [6.45, 7) is 1.73. The number of rotatable bonds is 3. The van der Waals surface area contributed by atoms with E-state index in [0.717, 1.165) is 43.9 Å². The second-order valence-electron chi connectivity index (χ2n) is 5.71. The van der Waals surface area contributed by atoms with Crippen LogP contribution < -0.4 is 16.4 Å². The molecule has 4 N–H and O–H groups in total. The zero-order valence-electron chi connectivity index (χ0n) is 11.7. The van der Waals surface area contributed by atoms with Gasteiger partial charge in [0.15, 0.2) is 5.13 Å². The van der Waals surface area contributed by atoms with Gasteiger partial charge in [0, 0.05) is 32.2 Å². The zero-order chi connectivity index (χ0) is 14.3. The van der Waals surface area contributed by atoms with E-state index in [0.29, 0.717) is 16.7 Å². The zero-order valence-corrected chi connectivity index (χ0v) is 12.5. The number of aromatic nitrogens is 1. The summed E-state index contributed by atoms with van der Waals surface area (Å²) in [6.07, 6.45) is 4.29. The predicted molar refractivity (Wildman–Crippen MR) is 81.1 cm³/mol. The van der Waals surface area contributed by atoms with Crippen LogP contribution in [0.25, 0.3) is 0 Å². The van der Waals surface area contributed by atoms with Crippen LogP contribution in [0.15, 0.2) is 0 Å². The van der Waals surface area contributed by atoms with Gasteiger partial charge in [-0.25, -0.2) is 4.98 Å². The molecule has 1 aromatic rings. The van der Waals surface area contributed by atoms with E-state index in [1.807, 2.05) is 7.05 Å². The first kappa shape index (κ1) is 13.6. The van der Waals surface area contributed by atoms with Crippen LogP contribution in [0.1, 0.15) is 35.4 Å². The second-order valence-corrected chi connectivity index (χ2v) is 6.68. The van der Waals surface area contributed by atoms with Crippen molar-refractivity contribution < 1.29 is 4.79 Å². The molecule has 1 aliphatic heterocycles. The molecule has 1 aliphatic carbocycles. The first-order chi connectivity index (χ1) is 9.56. The molecule has 7 heteroatoms. The summed E-state index contributed by atoms with van der Waals surface area (Å²) in [5.74, 6) is 0.344. The van der Waals surface area contributed by atoms with Gasteiger partial charge in [-0.05, 0) is 25.7 Å². The van der Waals surface area contributed by atoms with Crippen LogP contribution in [0, 0.1) is 0 Å². The number of thiazole rings is 1. The van der Waals surface area contributed by atoms with E-state index in [2.05, 4.69) is 9.88 Å². The van der Waals surface area contributed by atoms with Gasteiger partial charge in [0.05, 0.1) is 0 Å². The van der Waals surface area contributed by atoms with Crippen molar-refractivity contribution >= 4 is 28.2 Å². The third kappa shape index (κ3) is 2.60. The van der Waals surface area contributed by atoms with Crippen LogP contribution in [-0.2, 0) is 0 Å². The van der Waals surface area contributed by atoms with E-state index in [1.165, 1.54) is 11.3 Å². The molecule has 1 unspecified atom stereocenters. The van der Waals surface area contributed by atoms with Crippen LogP contribution in [-0.4, -0.2) is 48.0 Å². The topological polar surface area (TPSA) is 88.5 Å². The number of amides is 1. The van der Waals surface area contributed by atoms with Crippen molar-refractivity contribution in [3.63, 3.8) is 0 Å². The summed E-state index contributed by atoms with van der Waals surface area (Å²) in [5, 5.41) is 0.824. The van der Waals surface area contributed by atoms with Crippen LogP contribution in [0.4, 0.5) is 10.9 Å². The summed E-state index contributed by atoms with van der Waals surface area (Å²) in [5.41, 5.74) is 11.9. The second kappa shape index (κ2) is 5.21. The fourth-order valence-corrected chi connectivity index (χ4v) is 3.58. The molecule has 2 fully saturated rings. The highest BCUT2D eigenvalue weighted by Crippen LogP contribution is 2.33. The maximum Gasteiger partial charge on any atom is 0.267 e. The normalized spacial score (nSPS) is 22.9. The van der Waals surface area contributed by atoms with Gasteiger partial charge in [-0.2, -0.15) is 0 Å². The monoisotopic (exact) mass is 295 g/mol. The average molecular weight is 295 g/mol. The molecule has 20 heavy (non-hydrogen) atoms. The molecule has 1 atom stereocenters. The molecule has 110 valence electrons. The maximum atomic E-state index is 12.4. The minimum atomic E-state index is -0.00458. The molecule has 6 nitrogen and oxygen atoms in total. The van der Waals surface area contributed by atoms with Gasteiger partial charge in [0.25, 0.3) is 5.91 Å². The molecule has 1 amide bonds. The Labute approximate surface area is 122 Å². The van der Waals surface area contributed by atoms with E-state index in [-0.39, 0.29) is 11.9 Å². The number of nitrogens with two attached hydrogens (primary N) is 2. The Balaban J connectivity index is 1.77. The molecular weight excluding hydrogens is 274 g/mol. The number of nitrogen functional groups attached to an aromatic ring is 1. The Morgan fingerprint density at radius 2 is 2.20 bits per heavy atom. The summed E-state index contributed by atoms with van der Waals surface area (Å²) < 4.78 is 0. The Hall–Kier alpha value is -1.34. The molecule has 1 saturated heterocycles. The van der Waals surface area contributed by atoms with E-state index >= 15 is 0 Å². The van der Waals surface area contributed by atoms with Crippen LogP contribution in [0.5, 0.6) is 0 Å². The number of carbonyl (C=O) groups is 1. The van der Waals surface area contributed by atoms with Crippen molar-refractivity contribution in [2.45, 2.75) is 37.8 Å². The van der Waals surface area contributed by atoms with E-state index in [1.54, 1.807) is 4.90 Å². The molecule has 3 rings (SSSR count). The lowest BCUT2D eigenvalue weighted by Gasteiger charge is -2.30. The number of hydrogen-bond donors (Lipinski definition) is 2. The molecule has 2 aliphatic rings. The summed E-state index contributed by atoms with van der Waals surface area (Å²) in [6, 6.07) is 0.568. The molecule has 1 saturated carbocycles. The number of piperidine rings is 1. The van der Waals surface area contributed by atoms with E-state index < -0.39 is 0 Å². The number of hydrogen-bond acceptors (Lipinski definition) is 6. The molecule has 2 heterocycles. The van der Waals surface area contributed by atoms with E-state index in [9.17, 15) is 4.79 Å². The minimum absolute atomic E-state index is 0.00458. The lowest BCUT2D eigenvalue weighted by Crippen LogP contribution is -2.42. The molecule has 0 radical (unpaired) electrons. The molecule has 0 spiro atoms. The van der Waals surface area contributed by atoms with Gasteiger partial charge in [-0.15, -0.1) is 0 Å². The molecule has 0 bridgehead atoms. The highest BCUT2D eigenvalue weighted by Gasteiger charge is 2.32. The van der Waals surface area contributed by atoms with Gasteiger partial charge >= 0.3 is 0 Å². The van der Waals surface area contributed by atoms with Crippen molar-refractivity contribution in [3.05, 3.63) is 4.88 Å². The van der Waals surface area contributed by atoms with Crippen molar-refractivity contribution in [2.75, 3.05) is 30.8 Å². The summed E-state index contributed by atoms with van der Waals surface area (Å²) in [4.78, 5) is 21.2. The SMILES string of the molecule is CN(C(=O)c1sc(N2CCCC(N)C2)nc1N)C1CC1. The number of carbonyl (C=O) groups excluding carboxylic acids is 1. The molecule has 1 aromatic heterocycles. The standard InChI is InChI=1S/C13H21N5OS/c1-17(9-4-5-9)12(19)10-11(15)16-13(20-10)18-6-2-3-8(14)7-18/h8-9H,2-7,14-15H2,1H3. The average Bonchev–Trinajstić information content (AvgIpc) is 3.20. The Kier molecular flexibility index (Phi) is 3.55. The first-order valence-electron chi connectivity index (χ1n) is 7.10. The van der Waals surface area contributed by atoms with Gasteiger partial charge < -0.3 is 21.3 Å². The van der Waals surface area contributed by atoms with Gasteiger partial charge in [-0.3, -0.25) is 4.79 Å². The van der Waals surface area contributed by atoms with Crippen LogP contribution in [0.2, 0.25) is 0 Å². The third-order valence-electron chi connectivity index (χ3n) is 3.98. The van der Waals surface area contributed by atoms with Gasteiger partial charge in [0.1, 0.15) is 10.7 Å². The highest BCUT2D eigenvalue weighted by molar-refractivity contribution is 7.18. The third-order valence-corrected chi connectivity index (χ3v) is 5.10. The number of anilines is 2. The van der Waals surface area contributed by atoms with Gasteiger partial charge in [0.2, 0.25) is 0 Å². The molecule has 0 aromatic carbocycles. The van der Waals surface area contributed by atoms with Crippen molar-refractivity contribution in [3.8, 4) is 0 Å². The fraction of sp³-hybridized carbons (Fsp3) is 0.692. The smallest absolute Gasteiger partial charge is 0.267 e. The summed E-state index contributed by atoms with van der Waals surface area (Å²) in [7, 11) is 1.84. The Bertz CT molecular complexity index is 513. The van der Waals surface area contributed by atoms with Crippen LogP contribution in [0.3, 0.4) is 0 Å². The van der Waals surface area contributed by atoms with Crippen molar-refractivity contribution in [1.82, 2.24) is 9.88 Å². The lowest BCUT2D eigenvalue weighted by atomic mass is 10.1. The maximum absolute atomic E-state index is 12.4. The van der Waals surface area contributed by atoms with Crippen molar-refractivity contribution in [2.24, 2.45) is 5.73 Å². The quantitative estimate of drug-likeness (QED) is 0.864. The van der Waals surface area contributed by atoms with E-state index in [4.69, 9.17) is 11.5 Å². The number of nitrogens with zero attached hydrogens (tertiary/aromatic N) is 3.